The van der Waals surface area contributed by atoms with Gasteiger partial charge in [0.1, 0.15) is 11.5 Å². The summed E-state index contributed by atoms with van der Waals surface area (Å²) in [7, 11) is 0. The fourth-order valence-corrected chi connectivity index (χ4v) is 3.81. The molecule has 0 saturated carbocycles. The first-order valence-corrected chi connectivity index (χ1v) is 10.6. The SMILES string of the molecule is CCNC(=O)Nc1ccc2c(n1)N(Nc1cccc(CN3CCCCC3)c1)CC=N2. The van der Waals surface area contributed by atoms with Crippen molar-refractivity contribution >= 4 is 35.3 Å². The predicted octanol–water partition coefficient (Wildman–Crippen LogP) is 3.76. The number of pyridine rings is 1. The van der Waals surface area contributed by atoms with E-state index < -0.39 is 0 Å². The zero-order valence-corrected chi connectivity index (χ0v) is 17.4. The van der Waals surface area contributed by atoms with Crippen LogP contribution >= 0.6 is 0 Å². The molecule has 0 atom stereocenters. The Morgan fingerprint density at radius 3 is 2.83 bits per heavy atom. The van der Waals surface area contributed by atoms with Gasteiger partial charge in [0.2, 0.25) is 0 Å². The predicted molar refractivity (Wildman–Crippen MR) is 122 cm³/mol. The van der Waals surface area contributed by atoms with Gasteiger partial charge in [-0.1, -0.05) is 18.6 Å². The first-order chi connectivity index (χ1) is 14.7. The molecular weight excluding hydrogens is 378 g/mol. The number of hydrazine groups is 1. The summed E-state index contributed by atoms with van der Waals surface area (Å²) in [6.45, 7) is 6.35. The molecule has 2 amide bonds. The van der Waals surface area contributed by atoms with Crippen molar-refractivity contribution in [3.8, 4) is 0 Å². The summed E-state index contributed by atoms with van der Waals surface area (Å²) in [5, 5.41) is 7.42. The number of anilines is 3. The molecular formula is C22H29N7O. The largest absolute Gasteiger partial charge is 0.338 e. The minimum atomic E-state index is -0.269. The fourth-order valence-electron chi connectivity index (χ4n) is 3.81. The normalized spacial score (nSPS) is 16.1. The van der Waals surface area contributed by atoms with Crippen molar-refractivity contribution in [2.45, 2.75) is 32.7 Å². The zero-order chi connectivity index (χ0) is 20.8. The van der Waals surface area contributed by atoms with Crippen LogP contribution in [0.2, 0.25) is 0 Å². The maximum atomic E-state index is 11.8. The zero-order valence-electron chi connectivity index (χ0n) is 17.4. The van der Waals surface area contributed by atoms with E-state index in [0.717, 1.165) is 17.9 Å². The molecule has 2 aliphatic rings. The van der Waals surface area contributed by atoms with E-state index in [1.54, 1.807) is 6.07 Å². The van der Waals surface area contributed by atoms with Gasteiger partial charge in [0.05, 0.1) is 12.2 Å². The molecule has 0 unspecified atom stereocenters. The van der Waals surface area contributed by atoms with Gasteiger partial charge in [-0.3, -0.25) is 25.6 Å². The number of fused-ring (bicyclic) bond motifs is 1. The number of likely N-dealkylation sites (tertiary alicyclic amines) is 1. The number of aromatic nitrogens is 1. The van der Waals surface area contributed by atoms with E-state index in [0.29, 0.717) is 24.7 Å². The average Bonchev–Trinajstić information content (AvgIpc) is 2.75. The molecule has 8 heteroatoms. The van der Waals surface area contributed by atoms with Gasteiger partial charge in [0, 0.05) is 19.3 Å². The Morgan fingerprint density at radius 1 is 1.13 bits per heavy atom. The number of urea groups is 1. The van der Waals surface area contributed by atoms with Gasteiger partial charge in [-0.05, 0) is 62.7 Å². The van der Waals surface area contributed by atoms with Crippen molar-refractivity contribution in [3.63, 3.8) is 0 Å². The smallest absolute Gasteiger partial charge is 0.320 e. The molecule has 3 heterocycles. The van der Waals surface area contributed by atoms with Crippen molar-refractivity contribution < 1.29 is 4.79 Å². The Balaban J connectivity index is 1.47. The van der Waals surface area contributed by atoms with Crippen LogP contribution in [-0.2, 0) is 6.54 Å². The third kappa shape index (κ3) is 5.07. The second-order valence-corrected chi connectivity index (χ2v) is 7.59. The lowest BCUT2D eigenvalue weighted by Crippen LogP contribution is -2.35. The van der Waals surface area contributed by atoms with E-state index in [9.17, 15) is 4.79 Å². The molecule has 158 valence electrons. The van der Waals surface area contributed by atoms with Gasteiger partial charge < -0.3 is 5.32 Å². The topological polar surface area (TPSA) is 84.9 Å². The van der Waals surface area contributed by atoms with Crippen molar-refractivity contribution in [1.82, 2.24) is 15.2 Å². The highest BCUT2D eigenvalue weighted by atomic mass is 16.2. The Morgan fingerprint density at radius 2 is 2.00 bits per heavy atom. The molecule has 1 fully saturated rings. The molecule has 2 aromatic rings. The first kappa shape index (κ1) is 20.2. The molecule has 2 aliphatic heterocycles. The number of rotatable bonds is 6. The van der Waals surface area contributed by atoms with Crippen LogP contribution in [0, 0.1) is 0 Å². The molecule has 3 N–H and O–H groups in total. The maximum Gasteiger partial charge on any atom is 0.320 e. The lowest BCUT2D eigenvalue weighted by atomic mass is 10.1. The highest BCUT2D eigenvalue weighted by molar-refractivity contribution is 5.89. The number of hydrogen-bond acceptors (Lipinski definition) is 6. The maximum absolute atomic E-state index is 11.8. The van der Waals surface area contributed by atoms with E-state index in [1.807, 2.05) is 24.2 Å². The number of benzene rings is 1. The third-order valence-corrected chi connectivity index (χ3v) is 5.23. The fraction of sp³-hybridized carbons (Fsp3) is 0.409. The Hall–Kier alpha value is -3.13. The number of amides is 2. The second kappa shape index (κ2) is 9.58. The number of nitrogens with one attached hydrogen (secondary N) is 3. The summed E-state index contributed by atoms with van der Waals surface area (Å²) in [4.78, 5) is 23.4. The van der Waals surface area contributed by atoms with E-state index in [-0.39, 0.29) is 6.03 Å². The summed E-state index contributed by atoms with van der Waals surface area (Å²) in [5.74, 6) is 1.18. The lowest BCUT2D eigenvalue weighted by molar-refractivity contribution is 0.221. The van der Waals surface area contributed by atoms with Crippen molar-refractivity contribution in [3.05, 3.63) is 42.0 Å². The average molecular weight is 408 g/mol. The summed E-state index contributed by atoms with van der Waals surface area (Å²) in [6, 6.07) is 11.9. The van der Waals surface area contributed by atoms with E-state index in [2.05, 4.69) is 55.2 Å². The lowest BCUT2D eigenvalue weighted by Gasteiger charge is -2.29. The minimum absolute atomic E-state index is 0.269. The third-order valence-electron chi connectivity index (χ3n) is 5.23. The number of piperidine rings is 1. The first-order valence-electron chi connectivity index (χ1n) is 10.6. The van der Waals surface area contributed by atoms with Crippen LogP contribution in [0.5, 0.6) is 0 Å². The Labute approximate surface area is 177 Å². The molecule has 4 rings (SSSR count). The van der Waals surface area contributed by atoms with Gasteiger partial charge in [0.15, 0.2) is 5.82 Å². The van der Waals surface area contributed by atoms with E-state index in [1.165, 1.54) is 37.9 Å². The molecule has 30 heavy (non-hydrogen) atoms. The monoisotopic (exact) mass is 407 g/mol. The van der Waals surface area contributed by atoms with Crippen LogP contribution in [0.4, 0.5) is 27.8 Å². The molecule has 1 aromatic carbocycles. The van der Waals surface area contributed by atoms with Crippen LogP contribution < -0.4 is 21.1 Å². The molecule has 1 saturated heterocycles. The number of hydrogen-bond donors (Lipinski definition) is 3. The number of carbonyl (C=O) groups is 1. The van der Waals surface area contributed by atoms with Gasteiger partial charge in [-0.2, -0.15) is 0 Å². The van der Waals surface area contributed by atoms with Crippen molar-refractivity contribution in [1.29, 1.82) is 0 Å². The molecule has 0 radical (unpaired) electrons. The molecule has 0 aliphatic carbocycles. The number of nitrogens with zero attached hydrogens (tertiary/aromatic N) is 4. The molecule has 0 spiro atoms. The highest BCUT2D eigenvalue weighted by Gasteiger charge is 2.18. The number of aliphatic imine (C=N–C) groups is 1. The minimum Gasteiger partial charge on any atom is -0.338 e. The van der Waals surface area contributed by atoms with Crippen molar-refractivity contribution in [2.24, 2.45) is 4.99 Å². The Kier molecular flexibility index (Phi) is 6.44. The van der Waals surface area contributed by atoms with Crippen LogP contribution in [0.25, 0.3) is 0 Å². The van der Waals surface area contributed by atoms with Crippen LogP contribution in [0.1, 0.15) is 31.7 Å². The second-order valence-electron chi connectivity index (χ2n) is 7.59. The van der Waals surface area contributed by atoms with E-state index >= 15 is 0 Å². The highest BCUT2D eigenvalue weighted by Crippen LogP contribution is 2.31. The van der Waals surface area contributed by atoms with Gasteiger partial charge in [0.25, 0.3) is 0 Å². The molecule has 0 bridgehead atoms. The summed E-state index contributed by atoms with van der Waals surface area (Å²) in [6.07, 6.45) is 5.78. The summed E-state index contributed by atoms with van der Waals surface area (Å²) in [5.41, 5.74) is 6.52. The van der Waals surface area contributed by atoms with Crippen molar-refractivity contribution in [2.75, 3.05) is 41.9 Å². The van der Waals surface area contributed by atoms with E-state index in [4.69, 9.17) is 0 Å². The molecule has 8 nitrogen and oxygen atoms in total. The Bertz CT molecular complexity index is 908. The van der Waals surface area contributed by atoms with Crippen LogP contribution in [0.3, 0.4) is 0 Å². The molecule has 1 aromatic heterocycles. The summed E-state index contributed by atoms with van der Waals surface area (Å²) < 4.78 is 0. The quantitative estimate of drug-likeness (QED) is 0.679. The van der Waals surface area contributed by atoms with Gasteiger partial charge in [-0.15, -0.1) is 0 Å². The standard InChI is InChI=1S/C22H29N7O/c1-2-23-22(30)26-20-10-9-19-21(25-20)29(14-11-24-19)27-18-8-6-7-17(15-18)16-28-12-4-3-5-13-28/h6-11,15,27H,2-5,12-14,16H2,1H3,(H2,23,25,26,30). The van der Waals surface area contributed by atoms with Gasteiger partial charge in [-0.25, -0.2) is 9.78 Å². The van der Waals surface area contributed by atoms with Gasteiger partial charge >= 0.3 is 6.03 Å². The van der Waals surface area contributed by atoms with Crippen LogP contribution in [0.15, 0.2) is 41.4 Å². The van der Waals surface area contributed by atoms with Crippen LogP contribution in [-0.4, -0.2) is 48.3 Å². The number of carbonyl (C=O) groups excluding carboxylic acids is 1. The summed E-state index contributed by atoms with van der Waals surface area (Å²) >= 11 is 0.